The van der Waals surface area contributed by atoms with Crippen LogP contribution in [-0.2, 0) is 4.74 Å². The first-order chi connectivity index (χ1) is 10.0. The van der Waals surface area contributed by atoms with Crippen LogP contribution in [-0.4, -0.2) is 47.4 Å². The molecule has 0 aromatic carbocycles. The van der Waals surface area contributed by atoms with Gasteiger partial charge < -0.3 is 19.5 Å². The second kappa shape index (κ2) is 8.61. The Kier molecular flexibility index (Phi) is 7.14. The minimum Gasteiger partial charge on any atom is -0.464 e. The molecule has 0 saturated carbocycles. The van der Waals surface area contributed by atoms with Crippen LogP contribution >= 0.6 is 0 Å². The van der Waals surface area contributed by atoms with Crippen LogP contribution in [0, 0.1) is 0 Å². The molecule has 1 rings (SSSR count). The third-order valence-electron chi connectivity index (χ3n) is 2.89. The Morgan fingerprint density at radius 1 is 1.05 bits per heavy atom. The molecule has 0 bridgehead atoms. The maximum atomic E-state index is 5.59. The van der Waals surface area contributed by atoms with Crippen LogP contribution in [0.3, 0.4) is 0 Å². The van der Waals surface area contributed by atoms with Crippen LogP contribution in [0.2, 0.25) is 0 Å². The number of nitrogens with zero attached hydrogens (tertiary/aromatic N) is 3. The molecule has 0 saturated heterocycles. The summed E-state index contributed by atoms with van der Waals surface area (Å²) in [5.74, 6) is 0.469. The topological polar surface area (TPSA) is 78.4 Å². The van der Waals surface area contributed by atoms with Gasteiger partial charge in [-0.1, -0.05) is 6.92 Å². The summed E-state index contributed by atoms with van der Waals surface area (Å²) in [4.78, 5) is 12.5. The van der Waals surface area contributed by atoms with Crippen molar-refractivity contribution in [3.8, 4) is 12.0 Å². The number of anilines is 1. The van der Waals surface area contributed by atoms with Gasteiger partial charge in [0.25, 0.3) is 0 Å². The fourth-order valence-electron chi connectivity index (χ4n) is 1.40. The van der Waals surface area contributed by atoms with E-state index >= 15 is 0 Å². The summed E-state index contributed by atoms with van der Waals surface area (Å²) in [6.45, 7) is 9.70. The summed E-state index contributed by atoms with van der Waals surface area (Å²) in [5, 5.41) is 3.10. The number of hydrogen-bond acceptors (Lipinski definition) is 7. The third kappa shape index (κ3) is 6.57. The van der Waals surface area contributed by atoms with Gasteiger partial charge in [0.05, 0.1) is 18.8 Å². The second-order valence-corrected chi connectivity index (χ2v) is 5.15. The Morgan fingerprint density at radius 3 is 2.29 bits per heavy atom. The van der Waals surface area contributed by atoms with Gasteiger partial charge >= 0.3 is 12.0 Å². The van der Waals surface area contributed by atoms with Crippen molar-refractivity contribution in [2.75, 3.05) is 32.2 Å². The quantitative estimate of drug-likeness (QED) is 0.710. The molecule has 0 aliphatic heterocycles. The van der Waals surface area contributed by atoms with Gasteiger partial charge in [0, 0.05) is 20.1 Å². The summed E-state index contributed by atoms with van der Waals surface area (Å²) in [6.07, 6.45) is 1.71. The van der Waals surface area contributed by atoms with Crippen molar-refractivity contribution in [3.05, 3.63) is 0 Å². The largest absolute Gasteiger partial charge is 0.464 e. The number of methoxy groups -OCH3 is 1. The fraction of sp³-hybridized carbons (Fsp3) is 0.786. The van der Waals surface area contributed by atoms with Gasteiger partial charge in [0.15, 0.2) is 0 Å². The Morgan fingerprint density at radius 2 is 1.71 bits per heavy atom. The lowest BCUT2D eigenvalue weighted by molar-refractivity contribution is 0.00461. The van der Waals surface area contributed by atoms with Crippen LogP contribution in [0.15, 0.2) is 0 Å². The molecular weight excluding hydrogens is 272 g/mol. The van der Waals surface area contributed by atoms with Crippen molar-refractivity contribution < 1.29 is 14.2 Å². The van der Waals surface area contributed by atoms with Crippen LogP contribution in [0.5, 0.6) is 12.0 Å². The van der Waals surface area contributed by atoms with E-state index in [9.17, 15) is 0 Å². The molecule has 0 amide bonds. The summed E-state index contributed by atoms with van der Waals surface area (Å²) < 4.78 is 16.3. The standard InChI is InChI=1S/C14H26N4O3/c1-6-9-15-11-16-12(20-7-2)18-13(17-11)21-10-8-14(3,4)19-5/h6-10H2,1-5H3,(H,15,16,17,18). The van der Waals surface area contributed by atoms with E-state index in [2.05, 4.69) is 27.2 Å². The van der Waals surface area contributed by atoms with E-state index in [0.717, 1.165) is 19.4 Å². The SMILES string of the molecule is CCCNc1nc(OCC)nc(OCCC(C)(C)OC)n1. The van der Waals surface area contributed by atoms with Crippen molar-refractivity contribution in [2.45, 2.75) is 46.1 Å². The predicted octanol–water partition coefficient (Wildman–Crippen LogP) is 2.29. The molecule has 0 aliphatic carbocycles. The van der Waals surface area contributed by atoms with E-state index in [4.69, 9.17) is 14.2 Å². The molecule has 0 aliphatic rings. The zero-order valence-electron chi connectivity index (χ0n) is 13.6. The first-order valence-electron chi connectivity index (χ1n) is 7.31. The molecule has 0 fully saturated rings. The molecule has 7 heteroatoms. The number of ether oxygens (including phenoxy) is 3. The van der Waals surface area contributed by atoms with E-state index in [1.54, 1.807) is 7.11 Å². The molecular formula is C14H26N4O3. The van der Waals surface area contributed by atoms with Gasteiger partial charge in [-0.2, -0.15) is 9.97 Å². The van der Waals surface area contributed by atoms with E-state index in [1.165, 1.54) is 0 Å². The Bertz CT molecular complexity index is 427. The average molecular weight is 298 g/mol. The average Bonchev–Trinajstić information content (AvgIpc) is 2.45. The van der Waals surface area contributed by atoms with Crippen LogP contribution < -0.4 is 14.8 Å². The smallest absolute Gasteiger partial charge is 0.324 e. The first kappa shape index (κ1) is 17.4. The van der Waals surface area contributed by atoms with Crippen molar-refractivity contribution in [3.63, 3.8) is 0 Å². The minimum atomic E-state index is -0.237. The predicted molar refractivity (Wildman–Crippen MR) is 81.0 cm³/mol. The van der Waals surface area contributed by atoms with Gasteiger partial charge in [-0.15, -0.1) is 4.98 Å². The number of rotatable bonds is 10. The van der Waals surface area contributed by atoms with Crippen LogP contribution in [0.25, 0.3) is 0 Å². The van der Waals surface area contributed by atoms with Gasteiger partial charge in [-0.25, -0.2) is 0 Å². The lowest BCUT2D eigenvalue weighted by atomic mass is 10.1. The van der Waals surface area contributed by atoms with E-state index in [0.29, 0.717) is 19.2 Å². The highest BCUT2D eigenvalue weighted by molar-refractivity contribution is 5.27. The van der Waals surface area contributed by atoms with Gasteiger partial charge in [-0.05, 0) is 27.2 Å². The maximum Gasteiger partial charge on any atom is 0.324 e. The molecule has 7 nitrogen and oxygen atoms in total. The maximum absolute atomic E-state index is 5.59. The number of aromatic nitrogens is 3. The van der Waals surface area contributed by atoms with Gasteiger partial charge in [0.1, 0.15) is 0 Å². The highest BCUT2D eigenvalue weighted by Crippen LogP contribution is 2.16. The van der Waals surface area contributed by atoms with Crippen LogP contribution in [0.4, 0.5) is 5.95 Å². The molecule has 1 aromatic heterocycles. The molecule has 1 heterocycles. The highest BCUT2D eigenvalue weighted by Gasteiger charge is 2.17. The monoisotopic (exact) mass is 298 g/mol. The van der Waals surface area contributed by atoms with Crippen molar-refractivity contribution >= 4 is 5.95 Å². The zero-order valence-corrected chi connectivity index (χ0v) is 13.6. The minimum absolute atomic E-state index is 0.237. The molecule has 1 N–H and O–H groups in total. The van der Waals surface area contributed by atoms with E-state index < -0.39 is 0 Å². The van der Waals surface area contributed by atoms with E-state index in [1.807, 2.05) is 20.8 Å². The lowest BCUT2D eigenvalue weighted by Crippen LogP contribution is -2.25. The highest BCUT2D eigenvalue weighted by atomic mass is 16.5. The number of nitrogens with one attached hydrogen (secondary N) is 1. The summed E-state index contributed by atoms with van der Waals surface area (Å²) >= 11 is 0. The second-order valence-electron chi connectivity index (χ2n) is 5.15. The summed E-state index contributed by atoms with van der Waals surface area (Å²) in [7, 11) is 1.68. The lowest BCUT2D eigenvalue weighted by Gasteiger charge is -2.22. The fourth-order valence-corrected chi connectivity index (χ4v) is 1.40. The molecule has 0 atom stereocenters. The summed E-state index contributed by atoms with van der Waals surface area (Å²) in [6, 6.07) is 0.533. The Labute approximate surface area is 126 Å². The van der Waals surface area contributed by atoms with Gasteiger partial charge in [0.2, 0.25) is 5.95 Å². The number of hydrogen-bond donors (Lipinski definition) is 1. The normalized spacial score (nSPS) is 11.3. The van der Waals surface area contributed by atoms with Crippen molar-refractivity contribution in [1.29, 1.82) is 0 Å². The molecule has 0 spiro atoms. The molecule has 0 unspecified atom stereocenters. The van der Waals surface area contributed by atoms with Crippen molar-refractivity contribution in [1.82, 2.24) is 15.0 Å². The molecule has 1 aromatic rings. The van der Waals surface area contributed by atoms with Crippen molar-refractivity contribution in [2.24, 2.45) is 0 Å². The molecule has 21 heavy (non-hydrogen) atoms. The Hall–Kier alpha value is -1.63. The van der Waals surface area contributed by atoms with Crippen LogP contribution in [0.1, 0.15) is 40.5 Å². The molecule has 0 radical (unpaired) electrons. The summed E-state index contributed by atoms with van der Waals surface area (Å²) in [5.41, 5.74) is -0.237. The first-order valence-corrected chi connectivity index (χ1v) is 7.31. The zero-order chi connectivity index (χ0) is 15.7. The Balaban J connectivity index is 2.68. The molecule has 120 valence electrons. The van der Waals surface area contributed by atoms with Gasteiger partial charge in [-0.3, -0.25) is 0 Å². The third-order valence-corrected chi connectivity index (χ3v) is 2.89. The van der Waals surface area contributed by atoms with E-state index in [-0.39, 0.29) is 17.6 Å².